The van der Waals surface area contributed by atoms with Crippen molar-refractivity contribution in [3.8, 4) is 0 Å². The van der Waals surface area contributed by atoms with E-state index in [4.69, 9.17) is 5.11 Å². The van der Waals surface area contributed by atoms with Crippen LogP contribution in [0.4, 0.5) is 0 Å². The Bertz CT molecular complexity index is 657. The van der Waals surface area contributed by atoms with Crippen LogP contribution >= 0.6 is 0 Å². The Labute approximate surface area is 144 Å². The van der Waals surface area contributed by atoms with Crippen molar-refractivity contribution in [3.05, 3.63) is 70.8 Å². The molecule has 3 heteroatoms. The lowest BCUT2D eigenvalue weighted by atomic mass is 9.83. The first-order valence-corrected chi connectivity index (χ1v) is 8.53. The van der Waals surface area contributed by atoms with Gasteiger partial charge in [-0.3, -0.25) is 4.79 Å². The van der Waals surface area contributed by atoms with E-state index in [1.165, 1.54) is 5.56 Å². The Morgan fingerprint density at radius 2 is 1.50 bits per heavy atom. The lowest BCUT2D eigenvalue weighted by Gasteiger charge is -2.24. The number of aryl methyl sites for hydroxylation is 1. The maximum atomic E-state index is 12.6. The summed E-state index contributed by atoms with van der Waals surface area (Å²) < 4.78 is 0. The van der Waals surface area contributed by atoms with Crippen LogP contribution in [0, 0.1) is 0 Å². The Morgan fingerprint density at radius 3 is 2.04 bits per heavy atom. The van der Waals surface area contributed by atoms with Gasteiger partial charge in [-0.25, -0.2) is 0 Å². The minimum atomic E-state index is -0.549. The van der Waals surface area contributed by atoms with Gasteiger partial charge in [0.15, 0.2) is 0 Å². The van der Waals surface area contributed by atoms with E-state index in [1.807, 2.05) is 50.2 Å². The number of benzene rings is 2. The summed E-state index contributed by atoms with van der Waals surface area (Å²) in [5, 5.41) is 12.1. The topological polar surface area (TPSA) is 49.3 Å². The fourth-order valence-electron chi connectivity index (χ4n) is 2.64. The molecule has 1 amide bonds. The molecule has 0 atom stereocenters. The molecule has 3 nitrogen and oxygen atoms in total. The minimum Gasteiger partial charge on any atom is -0.392 e. The summed E-state index contributed by atoms with van der Waals surface area (Å²) in [5.74, 6) is 0.0405. The van der Waals surface area contributed by atoms with Gasteiger partial charge < -0.3 is 10.4 Å². The van der Waals surface area contributed by atoms with Gasteiger partial charge in [0.25, 0.3) is 0 Å². The molecule has 2 aromatic rings. The first-order chi connectivity index (χ1) is 11.5. The number of rotatable bonds is 7. The van der Waals surface area contributed by atoms with Crippen LogP contribution in [0.25, 0.3) is 0 Å². The summed E-state index contributed by atoms with van der Waals surface area (Å²) in [6, 6.07) is 16.1. The van der Waals surface area contributed by atoms with Crippen molar-refractivity contribution in [2.75, 3.05) is 6.54 Å². The van der Waals surface area contributed by atoms with E-state index >= 15 is 0 Å². The molecule has 0 aliphatic rings. The summed E-state index contributed by atoms with van der Waals surface area (Å²) in [6.45, 7) is 6.70. The molecule has 0 saturated carbocycles. The number of amides is 1. The predicted molar refractivity (Wildman–Crippen MR) is 97.9 cm³/mol. The van der Waals surface area contributed by atoms with Crippen molar-refractivity contribution in [3.63, 3.8) is 0 Å². The smallest absolute Gasteiger partial charge is 0.230 e. The molecule has 0 saturated heterocycles. The maximum Gasteiger partial charge on any atom is 0.230 e. The normalized spacial score (nSPS) is 11.3. The molecular formula is C21H27NO2. The lowest BCUT2D eigenvalue weighted by Crippen LogP contribution is -2.40. The molecule has 24 heavy (non-hydrogen) atoms. The highest BCUT2D eigenvalue weighted by atomic mass is 16.3. The zero-order valence-corrected chi connectivity index (χ0v) is 14.8. The highest BCUT2D eigenvalue weighted by Gasteiger charge is 2.29. The molecule has 0 bridgehead atoms. The molecule has 0 fully saturated rings. The highest BCUT2D eigenvalue weighted by molar-refractivity contribution is 5.87. The van der Waals surface area contributed by atoms with E-state index in [1.54, 1.807) is 0 Å². The van der Waals surface area contributed by atoms with Gasteiger partial charge in [-0.15, -0.1) is 0 Å². The third-order valence-electron chi connectivity index (χ3n) is 4.56. The van der Waals surface area contributed by atoms with Gasteiger partial charge in [-0.05, 0) is 48.9 Å². The fraction of sp³-hybridized carbons (Fsp3) is 0.381. The molecule has 0 spiro atoms. The standard InChI is InChI=1S/C21H27NO2/c1-4-16-9-11-19(12-10-16)21(2,3)20(24)22-14-13-17-5-7-18(15-23)8-6-17/h5-12,23H,4,13-15H2,1-3H3,(H,22,24). The number of aliphatic hydroxyl groups is 1. The zero-order chi connectivity index (χ0) is 17.6. The first-order valence-electron chi connectivity index (χ1n) is 8.53. The molecule has 0 heterocycles. The van der Waals surface area contributed by atoms with Gasteiger partial charge in [-0.1, -0.05) is 55.5 Å². The van der Waals surface area contributed by atoms with Crippen molar-refractivity contribution in [1.29, 1.82) is 0 Å². The molecule has 0 aromatic heterocycles. The summed E-state index contributed by atoms with van der Waals surface area (Å²) in [4.78, 5) is 12.6. The molecule has 2 aromatic carbocycles. The van der Waals surface area contributed by atoms with Crippen molar-refractivity contribution in [2.24, 2.45) is 0 Å². The number of carbonyl (C=O) groups excluding carboxylic acids is 1. The molecule has 0 aliphatic heterocycles. The van der Waals surface area contributed by atoms with Crippen molar-refractivity contribution < 1.29 is 9.90 Å². The van der Waals surface area contributed by atoms with Gasteiger partial charge in [-0.2, -0.15) is 0 Å². The van der Waals surface area contributed by atoms with E-state index in [-0.39, 0.29) is 12.5 Å². The minimum absolute atomic E-state index is 0.0405. The van der Waals surface area contributed by atoms with Crippen LogP contribution in [0.3, 0.4) is 0 Å². The lowest BCUT2D eigenvalue weighted by molar-refractivity contribution is -0.125. The van der Waals surface area contributed by atoms with E-state index in [9.17, 15) is 4.79 Å². The van der Waals surface area contributed by atoms with Crippen molar-refractivity contribution in [2.45, 2.75) is 45.6 Å². The Morgan fingerprint density at radius 1 is 0.958 bits per heavy atom. The van der Waals surface area contributed by atoms with Gasteiger partial charge >= 0.3 is 0 Å². The van der Waals surface area contributed by atoms with E-state index in [0.29, 0.717) is 6.54 Å². The average Bonchev–Trinajstić information content (AvgIpc) is 2.62. The SMILES string of the molecule is CCc1ccc(C(C)(C)C(=O)NCCc2ccc(CO)cc2)cc1. The molecule has 2 rings (SSSR count). The van der Waals surface area contributed by atoms with E-state index in [0.717, 1.165) is 29.5 Å². The molecule has 0 aliphatic carbocycles. The molecular weight excluding hydrogens is 298 g/mol. The van der Waals surface area contributed by atoms with Crippen LogP contribution in [0.5, 0.6) is 0 Å². The van der Waals surface area contributed by atoms with Crippen molar-refractivity contribution in [1.82, 2.24) is 5.32 Å². The van der Waals surface area contributed by atoms with Crippen molar-refractivity contribution >= 4 is 5.91 Å². The molecule has 0 radical (unpaired) electrons. The zero-order valence-electron chi connectivity index (χ0n) is 14.8. The summed E-state index contributed by atoms with van der Waals surface area (Å²) >= 11 is 0. The number of hydrogen-bond donors (Lipinski definition) is 2. The number of carbonyl (C=O) groups is 1. The van der Waals surface area contributed by atoms with Crippen LogP contribution in [0.1, 0.15) is 43.0 Å². The highest BCUT2D eigenvalue weighted by Crippen LogP contribution is 2.24. The molecule has 2 N–H and O–H groups in total. The van der Waals surface area contributed by atoms with Gasteiger partial charge in [0, 0.05) is 6.54 Å². The summed E-state index contributed by atoms with van der Waals surface area (Å²) in [6.07, 6.45) is 1.78. The van der Waals surface area contributed by atoms with E-state index < -0.39 is 5.41 Å². The summed E-state index contributed by atoms with van der Waals surface area (Å²) in [5.41, 5.74) is 3.82. The van der Waals surface area contributed by atoms with Gasteiger partial charge in [0.2, 0.25) is 5.91 Å². The first kappa shape index (κ1) is 18.2. The quantitative estimate of drug-likeness (QED) is 0.820. The largest absolute Gasteiger partial charge is 0.392 e. The fourth-order valence-corrected chi connectivity index (χ4v) is 2.64. The second kappa shape index (κ2) is 8.11. The third kappa shape index (κ3) is 4.45. The number of nitrogens with one attached hydrogen (secondary N) is 1. The van der Waals surface area contributed by atoms with Crippen LogP contribution in [-0.4, -0.2) is 17.6 Å². The predicted octanol–water partition coefficient (Wildman–Crippen LogP) is 3.38. The van der Waals surface area contributed by atoms with Gasteiger partial charge in [0.1, 0.15) is 0 Å². The van der Waals surface area contributed by atoms with Crippen LogP contribution < -0.4 is 5.32 Å². The summed E-state index contributed by atoms with van der Waals surface area (Å²) in [7, 11) is 0. The number of hydrogen-bond acceptors (Lipinski definition) is 2. The Hall–Kier alpha value is -2.13. The monoisotopic (exact) mass is 325 g/mol. The van der Waals surface area contributed by atoms with Crippen LogP contribution in [-0.2, 0) is 29.7 Å². The second-order valence-corrected chi connectivity index (χ2v) is 6.66. The number of aliphatic hydroxyl groups excluding tert-OH is 1. The molecule has 0 unspecified atom stereocenters. The second-order valence-electron chi connectivity index (χ2n) is 6.66. The average molecular weight is 325 g/mol. The molecule has 128 valence electrons. The van der Waals surface area contributed by atoms with Gasteiger partial charge in [0.05, 0.1) is 12.0 Å². The van der Waals surface area contributed by atoms with E-state index in [2.05, 4.69) is 24.4 Å². The van der Waals surface area contributed by atoms with Crippen LogP contribution in [0.2, 0.25) is 0 Å². The maximum absolute atomic E-state index is 12.6. The third-order valence-corrected chi connectivity index (χ3v) is 4.56. The Balaban J connectivity index is 1.91. The van der Waals surface area contributed by atoms with Crippen LogP contribution in [0.15, 0.2) is 48.5 Å². The Kier molecular flexibility index (Phi) is 6.16.